The van der Waals surface area contributed by atoms with Gasteiger partial charge in [-0.05, 0) is 48.6 Å². The lowest BCUT2D eigenvalue weighted by molar-refractivity contribution is 0.217. The molecule has 0 aromatic heterocycles. The minimum absolute atomic E-state index is 0.401. The summed E-state index contributed by atoms with van der Waals surface area (Å²) >= 11 is 0. The number of ether oxygens (including phenoxy) is 2. The van der Waals surface area contributed by atoms with Crippen LogP contribution >= 0.6 is 0 Å². The maximum absolute atomic E-state index is 10.7. The van der Waals surface area contributed by atoms with E-state index in [9.17, 15) is 4.79 Å². The van der Waals surface area contributed by atoms with Crippen molar-refractivity contribution < 1.29 is 14.3 Å². The third kappa shape index (κ3) is 6.01. The molecule has 0 radical (unpaired) electrons. The van der Waals surface area contributed by atoms with E-state index in [1.807, 2.05) is 36.4 Å². The highest BCUT2D eigenvalue weighted by atomic mass is 16.5. The largest absolute Gasteiger partial charge is 0.490 e. The van der Waals surface area contributed by atoms with Crippen LogP contribution in [0.4, 0.5) is 4.79 Å². The molecule has 1 aliphatic rings. The van der Waals surface area contributed by atoms with Crippen LogP contribution in [0.5, 0.6) is 11.5 Å². The topological polar surface area (TPSA) is 85.9 Å². The summed E-state index contributed by atoms with van der Waals surface area (Å²) in [5, 5.41) is 3.76. The van der Waals surface area contributed by atoms with Crippen molar-refractivity contribution in [2.24, 2.45) is 10.8 Å². The summed E-state index contributed by atoms with van der Waals surface area (Å²) in [6.45, 7) is 0.840. The lowest BCUT2D eigenvalue weighted by Crippen LogP contribution is -2.24. The molecule has 1 saturated carbocycles. The van der Waals surface area contributed by atoms with E-state index in [-0.39, 0.29) is 0 Å². The van der Waals surface area contributed by atoms with Gasteiger partial charge in [0, 0.05) is 5.56 Å². The molecule has 2 amide bonds. The number of nitrogens with one attached hydrogen (secondary N) is 1. The predicted octanol–water partition coefficient (Wildman–Crippen LogP) is 4.19. The van der Waals surface area contributed by atoms with Crippen molar-refractivity contribution in [3.05, 3.63) is 59.7 Å². The van der Waals surface area contributed by atoms with Gasteiger partial charge in [0.2, 0.25) is 0 Å². The second kappa shape index (κ2) is 10.3. The Labute approximate surface area is 165 Å². The van der Waals surface area contributed by atoms with Gasteiger partial charge in [-0.15, -0.1) is 0 Å². The van der Waals surface area contributed by atoms with Gasteiger partial charge in [-0.2, -0.15) is 5.10 Å². The zero-order valence-corrected chi connectivity index (χ0v) is 16.0. The minimum Gasteiger partial charge on any atom is -0.490 e. The molecule has 1 fully saturated rings. The fourth-order valence-electron chi connectivity index (χ4n) is 3.47. The van der Waals surface area contributed by atoms with Gasteiger partial charge in [-0.3, -0.25) is 0 Å². The average Bonchev–Trinajstić information content (AvgIpc) is 2.73. The van der Waals surface area contributed by atoms with Crippen molar-refractivity contribution in [3.8, 4) is 11.5 Å². The van der Waals surface area contributed by atoms with Crippen molar-refractivity contribution in [2.75, 3.05) is 13.2 Å². The molecular weight excluding hydrogens is 354 g/mol. The van der Waals surface area contributed by atoms with Gasteiger partial charge in [0.15, 0.2) is 0 Å². The summed E-state index contributed by atoms with van der Waals surface area (Å²) in [5.74, 6) is 2.21. The zero-order chi connectivity index (χ0) is 19.6. The van der Waals surface area contributed by atoms with Crippen LogP contribution in [0, 0.1) is 0 Å². The van der Waals surface area contributed by atoms with E-state index < -0.39 is 6.03 Å². The van der Waals surface area contributed by atoms with Crippen LogP contribution in [0.1, 0.15) is 49.1 Å². The number of amides is 2. The van der Waals surface area contributed by atoms with Gasteiger partial charge in [-0.1, -0.05) is 43.5 Å². The molecule has 0 saturated heterocycles. The summed E-state index contributed by atoms with van der Waals surface area (Å²) in [7, 11) is 0. The van der Waals surface area contributed by atoms with E-state index in [0.29, 0.717) is 24.9 Å². The molecule has 6 nitrogen and oxygen atoms in total. The summed E-state index contributed by atoms with van der Waals surface area (Å²) < 4.78 is 11.6. The number of nitrogens with zero attached hydrogens (tertiary/aromatic N) is 1. The van der Waals surface area contributed by atoms with Gasteiger partial charge in [0.25, 0.3) is 0 Å². The fourth-order valence-corrected chi connectivity index (χ4v) is 3.47. The van der Waals surface area contributed by atoms with Crippen LogP contribution in [0.3, 0.4) is 0 Å². The number of carbonyl (C=O) groups excluding carboxylic acids is 1. The number of hydrazone groups is 1. The minimum atomic E-state index is -0.711. The number of hydrogen-bond acceptors (Lipinski definition) is 4. The highest BCUT2D eigenvalue weighted by Gasteiger charge is 2.15. The maximum Gasteiger partial charge on any atom is 0.332 e. The van der Waals surface area contributed by atoms with Crippen LogP contribution in [-0.4, -0.2) is 25.5 Å². The van der Waals surface area contributed by atoms with Gasteiger partial charge < -0.3 is 15.2 Å². The van der Waals surface area contributed by atoms with Crippen LogP contribution < -0.4 is 20.6 Å². The lowest BCUT2D eigenvalue weighted by Gasteiger charge is -2.22. The number of carbonyl (C=O) groups is 1. The zero-order valence-electron chi connectivity index (χ0n) is 16.0. The molecular formula is C22H27N3O3. The molecule has 0 heterocycles. The van der Waals surface area contributed by atoms with E-state index in [4.69, 9.17) is 15.2 Å². The Hall–Kier alpha value is -3.02. The molecule has 2 aromatic rings. The van der Waals surface area contributed by atoms with Crippen LogP contribution in [0.2, 0.25) is 0 Å². The van der Waals surface area contributed by atoms with E-state index in [1.165, 1.54) is 43.9 Å². The van der Waals surface area contributed by atoms with Gasteiger partial charge >= 0.3 is 6.03 Å². The van der Waals surface area contributed by atoms with E-state index in [1.54, 1.807) is 0 Å². The summed E-state index contributed by atoms with van der Waals surface area (Å²) in [6, 6.07) is 15.2. The standard InChI is InChI=1S/C22H27N3O3/c23-22(26)25-24-16-19-8-4-5-9-21(19)28-15-14-27-20-12-10-18(11-13-20)17-6-2-1-3-7-17/h4-5,8-13,16-17H,1-3,6-7,14-15H2,(H3,23,25,26). The van der Waals surface area contributed by atoms with Crippen molar-refractivity contribution in [1.82, 2.24) is 5.43 Å². The number of benzene rings is 2. The first-order chi connectivity index (χ1) is 13.7. The molecule has 148 valence electrons. The molecule has 3 rings (SSSR count). The molecule has 3 N–H and O–H groups in total. The molecule has 0 unspecified atom stereocenters. The van der Waals surface area contributed by atoms with E-state index in [2.05, 4.69) is 22.7 Å². The number of rotatable bonds is 8. The smallest absolute Gasteiger partial charge is 0.332 e. The monoisotopic (exact) mass is 381 g/mol. The van der Waals surface area contributed by atoms with Crippen molar-refractivity contribution in [2.45, 2.75) is 38.0 Å². The van der Waals surface area contributed by atoms with E-state index in [0.717, 1.165) is 11.3 Å². The predicted molar refractivity (Wildman–Crippen MR) is 110 cm³/mol. The Bertz CT molecular complexity index is 784. The Kier molecular flexibility index (Phi) is 7.29. The van der Waals surface area contributed by atoms with Crippen LogP contribution in [0.25, 0.3) is 0 Å². The van der Waals surface area contributed by atoms with Crippen LogP contribution in [0.15, 0.2) is 53.6 Å². The lowest BCUT2D eigenvalue weighted by atomic mass is 9.84. The highest BCUT2D eigenvalue weighted by molar-refractivity contribution is 5.84. The molecule has 2 aromatic carbocycles. The van der Waals surface area contributed by atoms with Gasteiger partial charge in [0.05, 0.1) is 6.21 Å². The number of nitrogens with two attached hydrogens (primary N) is 1. The summed E-state index contributed by atoms with van der Waals surface area (Å²) in [4.78, 5) is 10.7. The van der Waals surface area contributed by atoms with Gasteiger partial charge in [-0.25, -0.2) is 10.2 Å². The summed E-state index contributed by atoms with van der Waals surface area (Å²) in [5.41, 5.74) is 9.32. The fraction of sp³-hybridized carbons (Fsp3) is 0.364. The number of urea groups is 1. The molecule has 0 spiro atoms. The Morgan fingerprint density at radius 2 is 1.75 bits per heavy atom. The first-order valence-electron chi connectivity index (χ1n) is 9.75. The normalized spacial score (nSPS) is 14.7. The molecule has 0 aliphatic heterocycles. The van der Waals surface area contributed by atoms with Crippen molar-refractivity contribution >= 4 is 12.2 Å². The molecule has 0 atom stereocenters. The van der Waals surface area contributed by atoms with Crippen molar-refractivity contribution in [3.63, 3.8) is 0 Å². The van der Waals surface area contributed by atoms with E-state index >= 15 is 0 Å². The first-order valence-corrected chi connectivity index (χ1v) is 9.75. The molecule has 1 aliphatic carbocycles. The molecule has 0 bridgehead atoms. The van der Waals surface area contributed by atoms with Crippen LogP contribution in [-0.2, 0) is 0 Å². The SMILES string of the molecule is NC(=O)NN=Cc1ccccc1OCCOc1ccc(C2CCCCC2)cc1. The third-order valence-electron chi connectivity index (χ3n) is 4.86. The first kappa shape index (κ1) is 19.7. The molecule has 6 heteroatoms. The van der Waals surface area contributed by atoms with Crippen molar-refractivity contribution in [1.29, 1.82) is 0 Å². The summed E-state index contributed by atoms with van der Waals surface area (Å²) in [6.07, 6.45) is 8.13. The second-order valence-electron chi connectivity index (χ2n) is 6.87. The third-order valence-corrected chi connectivity index (χ3v) is 4.86. The highest BCUT2D eigenvalue weighted by Crippen LogP contribution is 2.33. The Morgan fingerprint density at radius 1 is 1.04 bits per heavy atom. The second-order valence-corrected chi connectivity index (χ2v) is 6.87. The number of para-hydroxylation sites is 1. The number of hydrogen-bond donors (Lipinski definition) is 2. The Balaban J connectivity index is 1.45. The number of primary amides is 1. The quantitative estimate of drug-likeness (QED) is 0.408. The Morgan fingerprint density at radius 3 is 2.50 bits per heavy atom. The average molecular weight is 381 g/mol. The maximum atomic E-state index is 10.7. The molecule has 28 heavy (non-hydrogen) atoms. The van der Waals surface area contributed by atoms with Gasteiger partial charge in [0.1, 0.15) is 24.7 Å².